The zero-order chi connectivity index (χ0) is 10.8. The maximum Gasteiger partial charge on any atom is 0.238 e. The SMILES string of the molecule is CN1C(=O)CSC1=Nc1ccc(Cl)cc1. The highest BCUT2D eigenvalue weighted by atomic mass is 35.5. The van der Waals surface area contributed by atoms with Crippen LogP contribution in [0.4, 0.5) is 5.69 Å². The van der Waals surface area contributed by atoms with Gasteiger partial charge in [0, 0.05) is 12.1 Å². The third kappa shape index (κ3) is 2.33. The second-order valence-electron chi connectivity index (χ2n) is 3.11. The Morgan fingerprint density at radius 1 is 1.40 bits per heavy atom. The Labute approximate surface area is 97.1 Å². The summed E-state index contributed by atoms with van der Waals surface area (Å²) >= 11 is 7.21. The standard InChI is InChI=1S/C10H9ClN2OS/c1-13-9(14)6-15-10(13)12-8-4-2-7(11)3-5-8/h2-5H,6H2,1H3. The average Bonchev–Trinajstić information content (AvgIpc) is 2.53. The third-order valence-corrected chi connectivity index (χ3v) is 3.30. The average molecular weight is 241 g/mol. The van der Waals surface area contributed by atoms with Crippen molar-refractivity contribution in [1.82, 2.24) is 4.90 Å². The topological polar surface area (TPSA) is 32.7 Å². The van der Waals surface area contributed by atoms with Crippen molar-refractivity contribution in [1.29, 1.82) is 0 Å². The first-order valence-electron chi connectivity index (χ1n) is 4.40. The summed E-state index contributed by atoms with van der Waals surface area (Å²) in [6.45, 7) is 0. The molecule has 0 aromatic heterocycles. The lowest BCUT2D eigenvalue weighted by Crippen LogP contribution is -2.24. The van der Waals surface area contributed by atoms with Crippen LogP contribution in [0.3, 0.4) is 0 Å². The van der Waals surface area contributed by atoms with Gasteiger partial charge < -0.3 is 0 Å². The number of nitrogens with zero attached hydrogens (tertiary/aromatic N) is 2. The van der Waals surface area contributed by atoms with Crippen molar-refractivity contribution >= 4 is 40.1 Å². The van der Waals surface area contributed by atoms with E-state index in [0.717, 1.165) is 10.9 Å². The number of hydrogen-bond acceptors (Lipinski definition) is 3. The molecular formula is C10H9ClN2OS. The number of amidine groups is 1. The molecule has 15 heavy (non-hydrogen) atoms. The van der Waals surface area contributed by atoms with E-state index in [1.165, 1.54) is 11.8 Å². The van der Waals surface area contributed by atoms with Gasteiger partial charge in [-0.3, -0.25) is 9.69 Å². The van der Waals surface area contributed by atoms with Crippen molar-refractivity contribution in [2.75, 3.05) is 12.8 Å². The molecule has 0 aliphatic carbocycles. The van der Waals surface area contributed by atoms with Crippen LogP contribution >= 0.6 is 23.4 Å². The van der Waals surface area contributed by atoms with E-state index in [4.69, 9.17) is 11.6 Å². The molecule has 2 rings (SSSR count). The molecule has 1 fully saturated rings. The van der Waals surface area contributed by atoms with Crippen LogP contribution < -0.4 is 0 Å². The summed E-state index contributed by atoms with van der Waals surface area (Å²) in [6.07, 6.45) is 0. The van der Waals surface area contributed by atoms with Crippen LogP contribution in [0.5, 0.6) is 0 Å². The largest absolute Gasteiger partial charge is 0.294 e. The van der Waals surface area contributed by atoms with Gasteiger partial charge in [-0.05, 0) is 24.3 Å². The van der Waals surface area contributed by atoms with E-state index in [-0.39, 0.29) is 5.91 Å². The van der Waals surface area contributed by atoms with E-state index >= 15 is 0 Å². The Bertz CT molecular complexity index is 416. The number of aliphatic imine (C=N–C) groups is 1. The number of hydrogen-bond donors (Lipinski definition) is 0. The fourth-order valence-corrected chi connectivity index (χ4v) is 2.20. The van der Waals surface area contributed by atoms with E-state index in [0.29, 0.717) is 10.8 Å². The lowest BCUT2D eigenvalue weighted by Gasteiger charge is -2.07. The van der Waals surface area contributed by atoms with Crippen LogP contribution in [0.15, 0.2) is 29.3 Å². The molecule has 0 unspecified atom stereocenters. The Kier molecular flexibility index (Phi) is 2.98. The fourth-order valence-electron chi connectivity index (χ4n) is 1.16. The number of benzene rings is 1. The van der Waals surface area contributed by atoms with Crippen molar-refractivity contribution in [3.8, 4) is 0 Å². The van der Waals surface area contributed by atoms with Crippen molar-refractivity contribution in [3.63, 3.8) is 0 Å². The molecule has 1 aliphatic rings. The van der Waals surface area contributed by atoms with Gasteiger partial charge in [-0.1, -0.05) is 23.4 Å². The summed E-state index contributed by atoms with van der Waals surface area (Å²) in [5, 5.41) is 1.42. The van der Waals surface area contributed by atoms with Gasteiger partial charge in [-0.25, -0.2) is 4.99 Å². The first-order chi connectivity index (χ1) is 7.16. The van der Waals surface area contributed by atoms with Gasteiger partial charge in [0.2, 0.25) is 5.91 Å². The van der Waals surface area contributed by atoms with Crippen LogP contribution in [0.25, 0.3) is 0 Å². The van der Waals surface area contributed by atoms with Gasteiger partial charge in [0.15, 0.2) is 5.17 Å². The Morgan fingerprint density at radius 3 is 2.60 bits per heavy atom. The zero-order valence-electron chi connectivity index (χ0n) is 8.11. The Morgan fingerprint density at radius 2 is 2.07 bits per heavy atom. The summed E-state index contributed by atoms with van der Waals surface area (Å²) in [4.78, 5) is 17.2. The molecule has 3 nitrogen and oxygen atoms in total. The molecule has 1 aromatic rings. The molecule has 0 saturated carbocycles. The van der Waals surface area contributed by atoms with E-state index < -0.39 is 0 Å². The van der Waals surface area contributed by atoms with E-state index in [1.54, 1.807) is 24.1 Å². The highest BCUT2D eigenvalue weighted by Crippen LogP contribution is 2.23. The van der Waals surface area contributed by atoms with E-state index in [9.17, 15) is 4.79 Å². The highest BCUT2D eigenvalue weighted by Gasteiger charge is 2.23. The molecule has 1 amide bonds. The Hall–Kier alpha value is -1.00. The van der Waals surface area contributed by atoms with Crippen LogP contribution in [0.1, 0.15) is 0 Å². The molecule has 0 spiro atoms. The highest BCUT2D eigenvalue weighted by molar-refractivity contribution is 8.15. The number of rotatable bonds is 1. The van der Waals surface area contributed by atoms with Crippen molar-refractivity contribution in [2.24, 2.45) is 4.99 Å². The van der Waals surface area contributed by atoms with Gasteiger partial charge in [0.1, 0.15) is 0 Å². The van der Waals surface area contributed by atoms with Crippen LogP contribution in [-0.2, 0) is 4.79 Å². The van der Waals surface area contributed by atoms with Crippen molar-refractivity contribution in [3.05, 3.63) is 29.3 Å². The maximum absolute atomic E-state index is 11.2. The minimum Gasteiger partial charge on any atom is -0.294 e. The molecule has 78 valence electrons. The molecule has 5 heteroatoms. The summed E-state index contributed by atoms with van der Waals surface area (Å²) < 4.78 is 0. The summed E-state index contributed by atoms with van der Waals surface area (Å²) in [5.74, 6) is 0.566. The molecule has 1 saturated heterocycles. The number of thioether (sulfide) groups is 1. The van der Waals surface area contributed by atoms with Crippen molar-refractivity contribution in [2.45, 2.75) is 0 Å². The lowest BCUT2D eigenvalue weighted by atomic mass is 10.3. The smallest absolute Gasteiger partial charge is 0.238 e. The second-order valence-corrected chi connectivity index (χ2v) is 4.49. The first-order valence-corrected chi connectivity index (χ1v) is 5.77. The molecule has 1 aliphatic heterocycles. The monoisotopic (exact) mass is 240 g/mol. The zero-order valence-corrected chi connectivity index (χ0v) is 9.68. The normalized spacial score (nSPS) is 18.9. The first kappa shape index (κ1) is 10.5. The van der Waals surface area contributed by atoms with Crippen LogP contribution in [0, 0.1) is 0 Å². The fraction of sp³-hybridized carbons (Fsp3) is 0.200. The predicted molar refractivity (Wildman–Crippen MR) is 63.8 cm³/mol. The molecule has 0 atom stereocenters. The number of amides is 1. The number of carbonyl (C=O) groups excluding carboxylic acids is 1. The second kappa shape index (κ2) is 4.24. The molecular weight excluding hydrogens is 232 g/mol. The minimum atomic E-state index is 0.0905. The summed E-state index contributed by atoms with van der Waals surface area (Å²) in [6, 6.07) is 7.21. The van der Waals surface area contributed by atoms with Gasteiger partial charge in [0.25, 0.3) is 0 Å². The number of carbonyl (C=O) groups is 1. The van der Waals surface area contributed by atoms with Gasteiger partial charge in [-0.15, -0.1) is 0 Å². The maximum atomic E-state index is 11.2. The van der Waals surface area contributed by atoms with Gasteiger partial charge >= 0.3 is 0 Å². The van der Waals surface area contributed by atoms with Gasteiger partial charge in [-0.2, -0.15) is 0 Å². The van der Waals surface area contributed by atoms with Crippen LogP contribution in [-0.4, -0.2) is 28.8 Å². The number of halogens is 1. The van der Waals surface area contributed by atoms with Crippen molar-refractivity contribution < 1.29 is 4.79 Å². The predicted octanol–water partition coefficient (Wildman–Crippen LogP) is 2.53. The molecule has 0 N–H and O–H groups in total. The lowest BCUT2D eigenvalue weighted by molar-refractivity contribution is -0.123. The van der Waals surface area contributed by atoms with Gasteiger partial charge in [0.05, 0.1) is 11.4 Å². The molecule has 1 aromatic carbocycles. The third-order valence-electron chi connectivity index (χ3n) is 2.04. The molecule has 0 radical (unpaired) electrons. The quantitative estimate of drug-likeness (QED) is 0.756. The molecule has 1 heterocycles. The molecule has 0 bridgehead atoms. The van der Waals surface area contributed by atoms with E-state index in [1.807, 2.05) is 12.1 Å². The minimum absolute atomic E-state index is 0.0905. The van der Waals surface area contributed by atoms with E-state index in [2.05, 4.69) is 4.99 Å². The van der Waals surface area contributed by atoms with Crippen LogP contribution in [0.2, 0.25) is 5.02 Å². The Balaban J connectivity index is 2.23. The summed E-state index contributed by atoms with van der Waals surface area (Å²) in [7, 11) is 1.73. The summed E-state index contributed by atoms with van der Waals surface area (Å²) in [5.41, 5.74) is 0.809.